The van der Waals surface area contributed by atoms with Gasteiger partial charge in [0.2, 0.25) is 5.91 Å². The fourth-order valence-corrected chi connectivity index (χ4v) is 3.27. The third-order valence-electron chi connectivity index (χ3n) is 3.88. The standard InChI is InChI=1S/C17H19N5O3S/c1-10-3-4-13(11(2)7-10)19-14(24)9-26-17-20-15-12(16(25)21-17)8-18-22(15)5-6-23/h3-4,7-8,12,23H,5-6,9H2,1-2H3,(H,19,24). The molecule has 1 atom stereocenters. The van der Waals surface area contributed by atoms with Gasteiger partial charge in [0, 0.05) is 11.9 Å². The maximum atomic E-state index is 12.2. The van der Waals surface area contributed by atoms with Crippen LogP contribution in [0.4, 0.5) is 5.69 Å². The van der Waals surface area contributed by atoms with Crippen LogP contribution in [-0.2, 0) is 9.59 Å². The minimum Gasteiger partial charge on any atom is -0.394 e. The third-order valence-corrected chi connectivity index (χ3v) is 4.73. The summed E-state index contributed by atoms with van der Waals surface area (Å²) in [6.07, 6.45) is 1.47. The Morgan fingerprint density at radius 1 is 1.35 bits per heavy atom. The number of fused-ring (bicyclic) bond motifs is 1. The Balaban J connectivity index is 1.61. The molecule has 0 bridgehead atoms. The molecule has 2 N–H and O–H groups in total. The molecule has 9 heteroatoms. The molecule has 0 saturated carbocycles. The van der Waals surface area contributed by atoms with Crippen molar-refractivity contribution in [3.63, 3.8) is 0 Å². The van der Waals surface area contributed by atoms with Crippen molar-refractivity contribution >= 4 is 46.5 Å². The van der Waals surface area contributed by atoms with Gasteiger partial charge in [-0.15, -0.1) is 0 Å². The number of aryl methyl sites for hydroxylation is 2. The number of anilines is 1. The number of rotatable bonds is 5. The number of benzene rings is 1. The number of aliphatic hydroxyl groups is 1. The number of carbonyl (C=O) groups excluding carboxylic acids is 2. The molecular formula is C17H19N5O3S. The summed E-state index contributed by atoms with van der Waals surface area (Å²) in [5, 5.41) is 17.7. The van der Waals surface area contributed by atoms with Crippen molar-refractivity contribution in [1.29, 1.82) is 0 Å². The first-order chi connectivity index (χ1) is 12.5. The Kier molecular flexibility index (Phi) is 5.48. The van der Waals surface area contributed by atoms with E-state index in [1.165, 1.54) is 11.2 Å². The number of hydrogen-bond donors (Lipinski definition) is 2. The van der Waals surface area contributed by atoms with Crippen molar-refractivity contribution in [1.82, 2.24) is 5.01 Å². The monoisotopic (exact) mass is 373 g/mol. The van der Waals surface area contributed by atoms with Crippen molar-refractivity contribution in [2.45, 2.75) is 13.8 Å². The van der Waals surface area contributed by atoms with E-state index in [-0.39, 0.29) is 35.9 Å². The zero-order chi connectivity index (χ0) is 18.7. The van der Waals surface area contributed by atoms with E-state index in [0.29, 0.717) is 5.84 Å². The number of amides is 2. The third kappa shape index (κ3) is 4.00. The maximum Gasteiger partial charge on any atom is 0.264 e. The first kappa shape index (κ1) is 18.3. The first-order valence-corrected chi connectivity index (χ1v) is 9.10. The summed E-state index contributed by atoms with van der Waals surface area (Å²) >= 11 is 1.09. The predicted octanol–water partition coefficient (Wildman–Crippen LogP) is 1.18. The van der Waals surface area contributed by atoms with Crippen molar-refractivity contribution in [2.75, 3.05) is 24.2 Å². The van der Waals surface area contributed by atoms with E-state index in [9.17, 15) is 9.59 Å². The summed E-state index contributed by atoms with van der Waals surface area (Å²) in [6.45, 7) is 4.08. The van der Waals surface area contributed by atoms with E-state index in [0.717, 1.165) is 28.6 Å². The Morgan fingerprint density at radius 2 is 2.15 bits per heavy atom. The number of nitrogens with one attached hydrogen (secondary N) is 1. The number of nitrogens with zero attached hydrogens (tertiary/aromatic N) is 4. The van der Waals surface area contributed by atoms with E-state index in [4.69, 9.17) is 5.11 Å². The van der Waals surface area contributed by atoms with E-state index in [2.05, 4.69) is 20.4 Å². The number of hydrazone groups is 1. The van der Waals surface area contributed by atoms with Crippen LogP contribution < -0.4 is 5.32 Å². The lowest BCUT2D eigenvalue weighted by Gasteiger charge is -2.19. The smallest absolute Gasteiger partial charge is 0.264 e. The van der Waals surface area contributed by atoms with Crippen LogP contribution in [0.15, 0.2) is 33.3 Å². The largest absolute Gasteiger partial charge is 0.394 e. The average molecular weight is 373 g/mol. The number of carbonyl (C=O) groups is 2. The second-order valence-corrected chi connectivity index (χ2v) is 6.89. The van der Waals surface area contributed by atoms with Crippen molar-refractivity contribution in [3.05, 3.63) is 29.3 Å². The first-order valence-electron chi connectivity index (χ1n) is 8.11. The average Bonchev–Trinajstić information content (AvgIpc) is 3.00. The van der Waals surface area contributed by atoms with Crippen molar-refractivity contribution in [3.8, 4) is 0 Å². The highest BCUT2D eigenvalue weighted by molar-refractivity contribution is 8.14. The molecular weight excluding hydrogens is 354 g/mol. The molecule has 0 aromatic heterocycles. The van der Waals surface area contributed by atoms with Gasteiger partial charge in [-0.2, -0.15) is 10.1 Å². The van der Waals surface area contributed by atoms with E-state index in [1.807, 2.05) is 32.0 Å². The van der Waals surface area contributed by atoms with Gasteiger partial charge in [0.15, 0.2) is 5.17 Å². The molecule has 2 amide bonds. The number of aliphatic imine (C=N–C) groups is 2. The second kappa shape index (κ2) is 7.79. The normalized spacial score (nSPS) is 18.5. The van der Waals surface area contributed by atoms with Crippen LogP contribution in [0.2, 0.25) is 0 Å². The van der Waals surface area contributed by atoms with Crippen LogP contribution in [0.5, 0.6) is 0 Å². The van der Waals surface area contributed by atoms with Crippen LogP contribution in [0.25, 0.3) is 0 Å². The molecule has 0 aliphatic carbocycles. The van der Waals surface area contributed by atoms with Gasteiger partial charge < -0.3 is 10.4 Å². The molecule has 2 heterocycles. The Morgan fingerprint density at radius 3 is 2.88 bits per heavy atom. The van der Waals surface area contributed by atoms with Gasteiger partial charge in [-0.3, -0.25) is 9.59 Å². The number of aliphatic hydroxyl groups excluding tert-OH is 1. The molecule has 0 saturated heterocycles. The maximum absolute atomic E-state index is 12.2. The highest BCUT2D eigenvalue weighted by Gasteiger charge is 2.35. The van der Waals surface area contributed by atoms with E-state index >= 15 is 0 Å². The minimum absolute atomic E-state index is 0.0851. The van der Waals surface area contributed by atoms with Crippen LogP contribution in [0, 0.1) is 19.8 Å². The molecule has 8 nitrogen and oxygen atoms in total. The number of thioether (sulfide) groups is 1. The lowest BCUT2D eigenvalue weighted by molar-refractivity contribution is -0.118. The molecule has 1 aromatic rings. The number of hydrogen-bond acceptors (Lipinski definition) is 7. The van der Waals surface area contributed by atoms with Gasteiger partial charge in [-0.25, -0.2) is 10.0 Å². The molecule has 2 aliphatic rings. The van der Waals surface area contributed by atoms with Gasteiger partial charge in [0.05, 0.1) is 18.9 Å². The van der Waals surface area contributed by atoms with Gasteiger partial charge in [-0.05, 0) is 25.5 Å². The Hall–Kier alpha value is -2.52. The van der Waals surface area contributed by atoms with Crippen LogP contribution in [0.3, 0.4) is 0 Å². The number of β-amino-alcohol motifs (C(OH)–C–C–N with tert-alkyl or cyclic N) is 1. The minimum atomic E-state index is -0.602. The van der Waals surface area contributed by atoms with Gasteiger partial charge >= 0.3 is 0 Å². The lowest BCUT2D eigenvalue weighted by atomic mass is 10.1. The second-order valence-electron chi connectivity index (χ2n) is 5.95. The molecule has 0 fully saturated rings. The molecule has 136 valence electrons. The summed E-state index contributed by atoms with van der Waals surface area (Å²) in [7, 11) is 0. The van der Waals surface area contributed by atoms with Crippen LogP contribution >= 0.6 is 11.8 Å². The highest BCUT2D eigenvalue weighted by Crippen LogP contribution is 2.22. The van der Waals surface area contributed by atoms with Gasteiger partial charge in [0.25, 0.3) is 5.91 Å². The Labute approximate surface area is 155 Å². The molecule has 26 heavy (non-hydrogen) atoms. The van der Waals surface area contributed by atoms with E-state index < -0.39 is 5.92 Å². The fourth-order valence-electron chi connectivity index (χ4n) is 2.62. The molecule has 2 aliphatic heterocycles. The molecule has 0 radical (unpaired) electrons. The lowest BCUT2D eigenvalue weighted by Crippen LogP contribution is -2.35. The Bertz CT molecular complexity index is 834. The summed E-state index contributed by atoms with van der Waals surface area (Å²) < 4.78 is 0. The van der Waals surface area contributed by atoms with Gasteiger partial charge in [0.1, 0.15) is 11.8 Å². The summed E-state index contributed by atoms with van der Waals surface area (Å²) in [5.74, 6) is -0.640. The van der Waals surface area contributed by atoms with Crippen molar-refractivity contribution in [2.24, 2.45) is 21.0 Å². The zero-order valence-corrected chi connectivity index (χ0v) is 15.3. The topological polar surface area (TPSA) is 107 Å². The van der Waals surface area contributed by atoms with Crippen LogP contribution in [0.1, 0.15) is 11.1 Å². The van der Waals surface area contributed by atoms with E-state index in [1.54, 1.807) is 0 Å². The zero-order valence-electron chi connectivity index (χ0n) is 14.5. The molecule has 3 rings (SSSR count). The summed E-state index contributed by atoms with van der Waals surface area (Å²) in [4.78, 5) is 32.5. The van der Waals surface area contributed by atoms with Gasteiger partial charge in [-0.1, -0.05) is 29.5 Å². The van der Waals surface area contributed by atoms with Crippen molar-refractivity contribution < 1.29 is 14.7 Å². The van der Waals surface area contributed by atoms with Crippen LogP contribution in [-0.4, -0.2) is 58.1 Å². The highest BCUT2D eigenvalue weighted by atomic mass is 32.2. The molecule has 0 spiro atoms. The predicted molar refractivity (Wildman–Crippen MR) is 103 cm³/mol. The quantitative estimate of drug-likeness (QED) is 0.806. The molecule has 1 unspecified atom stereocenters. The SMILES string of the molecule is Cc1ccc(NC(=O)CSC2=NC(=O)C3C=NN(CCO)C3=N2)c(C)c1. The summed E-state index contributed by atoms with van der Waals surface area (Å²) in [6, 6.07) is 5.79. The summed E-state index contributed by atoms with van der Waals surface area (Å²) in [5.41, 5.74) is 2.87. The fraction of sp³-hybridized carbons (Fsp3) is 0.353. The number of amidine groups is 2. The molecule has 1 aromatic carbocycles.